The Bertz CT molecular complexity index is 1530. The van der Waals surface area contributed by atoms with Crippen LogP contribution in [0, 0.1) is 0 Å². The first kappa shape index (κ1) is 34.7. The van der Waals surface area contributed by atoms with E-state index in [9.17, 15) is 31.8 Å². The first-order chi connectivity index (χ1) is 20.7. The number of ether oxygens (including phenoxy) is 2. The zero-order valence-corrected chi connectivity index (χ0v) is 26.7. The lowest BCUT2D eigenvalue weighted by Crippen LogP contribution is -2.51. The lowest BCUT2D eigenvalue weighted by atomic mass is 10.1. The lowest BCUT2D eigenvalue weighted by Gasteiger charge is -2.27. The van der Waals surface area contributed by atoms with E-state index < -0.39 is 52.2 Å². The van der Waals surface area contributed by atoms with Crippen molar-refractivity contribution in [3.63, 3.8) is 0 Å². The molecule has 2 aromatic carbocycles. The Morgan fingerprint density at radius 3 is 2.30 bits per heavy atom. The molecule has 1 aromatic heterocycles. The average Bonchev–Trinajstić information content (AvgIpc) is 3.07. The van der Waals surface area contributed by atoms with Crippen LogP contribution in [-0.4, -0.2) is 58.3 Å². The van der Waals surface area contributed by atoms with E-state index in [1.165, 1.54) is 48.5 Å². The molecule has 4 rings (SSSR count). The highest BCUT2D eigenvalue weighted by molar-refractivity contribution is 7.85. The van der Waals surface area contributed by atoms with Gasteiger partial charge in [0.15, 0.2) is 0 Å². The Morgan fingerprint density at radius 1 is 1.09 bits per heavy atom. The average molecular weight is 654 g/mol. The second-order valence-electron chi connectivity index (χ2n) is 10.4. The van der Waals surface area contributed by atoms with E-state index in [1.54, 1.807) is 32.9 Å². The van der Waals surface area contributed by atoms with Crippen LogP contribution in [0.25, 0.3) is 11.3 Å². The number of aromatic nitrogens is 1. The van der Waals surface area contributed by atoms with Crippen molar-refractivity contribution in [2.24, 2.45) is 0 Å². The molecule has 0 aliphatic carbocycles. The molecule has 2 unspecified atom stereocenters. The van der Waals surface area contributed by atoms with Crippen molar-refractivity contribution < 1.29 is 42.7 Å². The van der Waals surface area contributed by atoms with Gasteiger partial charge in [-0.25, -0.2) is 9.59 Å². The topological polar surface area (TPSA) is 115 Å². The van der Waals surface area contributed by atoms with E-state index in [1.807, 2.05) is 6.66 Å². The number of nitrogens with zero attached hydrogens (tertiary/aromatic N) is 2. The number of rotatable bonds is 5. The number of alkyl halides is 3. The zero-order chi connectivity index (χ0) is 32.8. The maximum Gasteiger partial charge on any atom is 0.416 e. The summed E-state index contributed by atoms with van der Waals surface area (Å²) >= 11 is 0. The molecule has 1 N–H and O–H groups in total. The van der Waals surface area contributed by atoms with Crippen molar-refractivity contribution in [2.75, 3.05) is 24.4 Å². The molecule has 44 heavy (non-hydrogen) atoms. The van der Waals surface area contributed by atoms with Gasteiger partial charge < -0.3 is 19.7 Å². The minimum absolute atomic E-state index is 0. The number of benzene rings is 2. The van der Waals surface area contributed by atoms with Gasteiger partial charge in [0.1, 0.15) is 11.6 Å². The van der Waals surface area contributed by atoms with Crippen LogP contribution in [0.2, 0.25) is 0 Å². The number of alkyl carbamates (subject to hydrolysis) is 1. The molecule has 0 bridgehead atoms. The first-order valence-corrected chi connectivity index (χ1v) is 15.8. The van der Waals surface area contributed by atoms with Gasteiger partial charge >= 0.3 is 18.2 Å². The monoisotopic (exact) mass is 653 g/mol. The Labute approximate surface area is 259 Å². The summed E-state index contributed by atoms with van der Waals surface area (Å²) in [6.45, 7) is 6.83. The predicted molar refractivity (Wildman–Crippen MR) is 166 cm³/mol. The van der Waals surface area contributed by atoms with Gasteiger partial charge in [0.05, 0.1) is 57.6 Å². The van der Waals surface area contributed by atoms with Gasteiger partial charge in [0, 0.05) is 13.2 Å². The zero-order valence-electron chi connectivity index (χ0n) is 24.7. The maximum atomic E-state index is 13.8. The van der Waals surface area contributed by atoms with Crippen LogP contribution in [0.3, 0.4) is 0 Å². The van der Waals surface area contributed by atoms with Crippen molar-refractivity contribution in [3.8, 4) is 11.3 Å². The van der Waals surface area contributed by atoms with E-state index in [2.05, 4.69) is 19.5 Å². The molecule has 238 valence electrons. The number of carbonyl (C=O) groups is 3. The second kappa shape index (κ2) is 14.3. The van der Waals surface area contributed by atoms with Gasteiger partial charge in [-0.1, -0.05) is 24.9 Å². The molecule has 9 nitrogen and oxygen atoms in total. The number of halogens is 3. The Hall–Kier alpha value is -3.83. The second-order valence-corrected chi connectivity index (χ2v) is 11.9. The smallest absolute Gasteiger partial charge is 0.416 e. The quantitative estimate of drug-likeness (QED) is 0.272. The van der Waals surface area contributed by atoms with Crippen molar-refractivity contribution in [1.82, 2.24) is 10.3 Å². The third-order valence-corrected chi connectivity index (χ3v) is 7.63. The molecule has 2 heterocycles. The van der Waals surface area contributed by atoms with E-state index >= 15 is 0 Å². The molecule has 0 spiro atoms. The summed E-state index contributed by atoms with van der Waals surface area (Å²) < 4.78 is 62.2. The SMILES string of the molecule is COC(=O)c1ccc2c(c1)N(Cc1ccc(-c3ccc(C(F)(F)F)cc3)nc1)C(=O)[C@@H](NC(=O)OC(C)(C)C)CS2=O.CP.[HH]. The van der Waals surface area contributed by atoms with E-state index in [-0.39, 0.29) is 29.9 Å². The molecule has 2 amide bonds. The van der Waals surface area contributed by atoms with Crippen molar-refractivity contribution in [2.45, 2.75) is 50.0 Å². The van der Waals surface area contributed by atoms with Crippen LogP contribution in [0.5, 0.6) is 0 Å². The van der Waals surface area contributed by atoms with Gasteiger partial charge in [0.2, 0.25) is 0 Å². The lowest BCUT2D eigenvalue weighted by molar-refractivity contribution is -0.137. The summed E-state index contributed by atoms with van der Waals surface area (Å²) in [4.78, 5) is 44.5. The molecule has 14 heteroatoms. The van der Waals surface area contributed by atoms with Gasteiger partial charge in [-0.2, -0.15) is 13.2 Å². The van der Waals surface area contributed by atoms with Gasteiger partial charge in [0.25, 0.3) is 5.91 Å². The number of fused-ring (bicyclic) bond motifs is 1. The highest BCUT2D eigenvalue weighted by Crippen LogP contribution is 2.33. The Kier molecular flexibility index (Phi) is 11.3. The number of pyridine rings is 1. The fraction of sp³-hybridized carbons (Fsp3) is 0.333. The number of amides is 2. The van der Waals surface area contributed by atoms with Crippen LogP contribution in [0.15, 0.2) is 65.7 Å². The molecule has 0 radical (unpaired) electrons. The number of carbonyl (C=O) groups excluding carboxylic acids is 3. The number of methoxy groups -OCH3 is 1. The number of hydrogen-bond donors (Lipinski definition) is 1. The number of anilines is 1. The minimum Gasteiger partial charge on any atom is -0.465 e. The third-order valence-electron chi connectivity index (χ3n) is 6.16. The molecule has 1 aliphatic rings. The normalized spacial score (nSPS) is 16.6. The van der Waals surface area contributed by atoms with E-state index in [4.69, 9.17) is 9.47 Å². The van der Waals surface area contributed by atoms with Crippen LogP contribution in [0.1, 0.15) is 43.7 Å². The van der Waals surface area contributed by atoms with Crippen LogP contribution in [0.4, 0.5) is 23.7 Å². The molecule has 0 saturated heterocycles. The third kappa shape index (κ3) is 8.63. The van der Waals surface area contributed by atoms with Crippen molar-refractivity contribution >= 4 is 43.7 Å². The molecule has 0 saturated carbocycles. The Morgan fingerprint density at radius 2 is 1.75 bits per heavy atom. The summed E-state index contributed by atoms with van der Waals surface area (Å²) in [5, 5.41) is 2.51. The summed E-state index contributed by atoms with van der Waals surface area (Å²) in [7, 11) is 1.88. The summed E-state index contributed by atoms with van der Waals surface area (Å²) in [5.74, 6) is -1.49. The molecule has 0 fully saturated rings. The number of nitrogens with one attached hydrogen (secondary N) is 1. The summed E-state index contributed by atoms with van der Waals surface area (Å²) in [6.07, 6.45) is -3.86. The van der Waals surface area contributed by atoms with Crippen molar-refractivity contribution in [1.29, 1.82) is 0 Å². The summed E-state index contributed by atoms with van der Waals surface area (Å²) in [6, 6.07) is 10.9. The van der Waals surface area contributed by atoms with E-state index in [0.29, 0.717) is 16.8 Å². The molecule has 3 aromatic rings. The number of esters is 1. The predicted octanol–water partition coefficient (Wildman–Crippen LogP) is 5.84. The van der Waals surface area contributed by atoms with Crippen molar-refractivity contribution in [3.05, 3.63) is 77.5 Å². The highest BCUT2D eigenvalue weighted by atomic mass is 32.2. The van der Waals surface area contributed by atoms with Crippen LogP contribution in [-0.2, 0) is 37.8 Å². The van der Waals surface area contributed by atoms with Gasteiger partial charge in [-0.3, -0.25) is 14.0 Å². The Balaban J connectivity index is 0.00000230. The fourth-order valence-corrected chi connectivity index (χ4v) is 5.53. The number of hydrogen-bond acceptors (Lipinski definition) is 7. The molecular weight excluding hydrogens is 618 g/mol. The summed E-state index contributed by atoms with van der Waals surface area (Å²) in [5.41, 5.74) is 0.105. The fourth-order valence-electron chi connectivity index (χ4n) is 4.20. The van der Waals surface area contributed by atoms with Gasteiger partial charge in [-0.15, -0.1) is 9.24 Å². The van der Waals surface area contributed by atoms with Gasteiger partial charge in [-0.05, 0) is 62.7 Å². The largest absolute Gasteiger partial charge is 0.465 e. The van der Waals surface area contributed by atoms with E-state index in [0.717, 1.165) is 12.1 Å². The highest BCUT2D eigenvalue weighted by Gasteiger charge is 2.36. The standard InChI is InChI=1S/C29H28F3N3O6S.CH5P.H2/c1-28(2,3)41-27(38)34-22-16-42(39)24-12-8-19(26(37)40-4)13-23(24)35(25(22)36)15-17-5-11-21(33-14-17)18-6-9-20(10-7-18)29(30,31)32;1-2;/h5-14,22H,15-16H2,1-4H3,(H,34,38);2H2,1H3;1H/t22-,42?;;/m0../s1. The maximum absolute atomic E-state index is 13.8. The first-order valence-electron chi connectivity index (χ1n) is 13.3. The molecular formula is C30H35F3N3O6PS. The van der Waals surface area contributed by atoms with Crippen LogP contribution < -0.4 is 10.2 Å². The molecule has 1 aliphatic heterocycles. The minimum atomic E-state index is -4.46. The molecule has 3 atom stereocenters. The van der Waals surface area contributed by atoms with Crippen LogP contribution >= 0.6 is 9.24 Å².